The molecule has 0 aromatic heterocycles. The van der Waals surface area contributed by atoms with E-state index in [0.717, 1.165) is 0 Å². The van der Waals surface area contributed by atoms with Crippen molar-refractivity contribution >= 4 is 29.3 Å². The number of ether oxygens (including phenoxy) is 1. The molecule has 1 rings (SSSR count). The van der Waals surface area contributed by atoms with Gasteiger partial charge in [0.1, 0.15) is 0 Å². The Morgan fingerprint density at radius 3 is 2.57 bits per heavy atom. The molecule has 0 aliphatic carbocycles. The molecule has 0 heterocycles. The van der Waals surface area contributed by atoms with Crippen LogP contribution in [0.5, 0.6) is 0 Å². The van der Waals surface area contributed by atoms with E-state index in [-0.39, 0.29) is 18.4 Å². The highest BCUT2D eigenvalue weighted by atomic mass is 35.5. The van der Waals surface area contributed by atoms with Gasteiger partial charge in [-0.1, -0.05) is 17.7 Å². The lowest BCUT2D eigenvalue weighted by Crippen LogP contribution is -2.40. The number of nitrogens with one attached hydrogen (secondary N) is 1. The van der Waals surface area contributed by atoms with Crippen LogP contribution in [0.2, 0.25) is 5.02 Å². The van der Waals surface area contributed by atoms with Gasteiger partial charge in [-0.25, -0.2) is 4.79 Å². The predicted octanol–water partition coefficient (Wildman–Crippen LogP) is 2.69. The van der Waals surface area contributed by atoms with Crippen LogP contribution >= 0.6 is 11.6 Å². The molecule has 1 N–H and O–H groups in total. The standard InChI is InChI=1S/C16H24ClN3O3/c1-4-23-15(21)8-9-20(11-10-19(2)3)16(22)18-14-7-5-6-13(17)12-14/h5-7,12H,4,8-11H2,1-3H3,(H,18,22). The summed E-state index contributed by atoms with van der Waals surface area (Å²) in [6.45, 7) is 3.61. The zero-order valence-corrected chi connectivity index (χ0v) is 14.6. The number of esters is 1. The fraction of sp³-hybridized carbons (Fsp3) is 0.500. The number of hydrogen-bond donors (Lipinski definition) is 1. The second-order valence-corrected chi connectivity index (χ2v) is 5.72. The number of anilines is 1. The number of urea groups is 1. The summed E-state index contributed by atoms with van der Waals surface area (Å²) in [5, 5.41) is 3.34. The second kappa shape index (κ2) is 10.1. The topological polar surface area (TPSA) is 61.9 Å². The Morgan fingerprint density at radius 2 is 1.96 bits per heavy atom. The molecule has 1 aromatic rings. The lowest BCUT2D eigenvalue weighted by atomic mass is 10.3. The number of amides is 2. The van der Waals surface area contributed by atoms with Gasteiger partial charge in [0.25, 0.3) is 0 Å². The highest BCUT2D eigenvalue weighted by Gasteiger charge is 2.16. The molecule has 0 saturated carbocycles. The summed E-state index contributed by atoms with van der Waals surface area (Å²) >= 11 is 5.92. The Balaban J connectivity index is 2.65. The Kier molecular flexibility index (Phi) is 8.43. The summed E-state index contributed by atoms with van der Waals surface area (Å²) in [4.78, 5) is 27.5. The van der Waals surface area contributed by atoms with Gasteiger partial charge in [-0.2, -0.15) is 0 Å². The van der Waals surface area contributed by atoms with Crippen LogP contribution in [-0.4, -0.2) is 62.1 Å². The first-order chi connectivity index (χ1) is 10.9. The Hall–Kier alpha value is -1.79. The fourth-order valence-corrected chi connectivity index (χ4v) is 2.05. The minimum Gasteiger partial charge on any atom is -0.466 e. The van der Waals surface area contributed by atoms with Gasteiger partial charge >= 0.3 is 12.0 Å². The highest BCUT2D eigenvalue weighted by molar-refractivity contribution is 6.30. The van der Waals surface area contributed by atoms with Crippen molar-refractivity contribution < 1.29 is 14.3 Å². The average Bonchev–Trinajstić information content (AvgIpc) is 2.47. The maximum atomic E-state index is 12.4. The smallest absolute Gasteiger partial charge is 0.321 e. The molecule has 0 bridgehead atoms. The number of carbonyl (C=O) groups excluding carboxylic acids is 2. The molecule has 0 spiro atoms. The third-order valence-electron chi connectivity index (χ3n) is 3.07. The Morgan fingerprint density at radius 1 is 1.22 bits per heavy atom. The zero-order valence-electron chi connectivity index (χ0n) is 13.8. The van der Waals surface area contributed by atoms with Crippen LogP contribution in [0, 0.1) is 0 Å². The monoisotopic (exact) mass is 341 g/mol. The highest BCUT2D eigenvalue weighted by Crippen LogP contribution is 2.15. The van der Waals surface area contributed by atoms with Gasteiger partial charge in [-0.15, -0.1) is 0 Å². The maximum absolute atomic E-state index is 12.4. The van der Waals surface area contributed by atoms with Crippen LogP contribution in [0.4, 0.5) is 10.5 Å². The molecule has 0 aliphatic rings. The van der Waals surface area contributed by atoms with Crippen molar-refractivity contribution in [2.24, 2.45) is 0 Å². The summed E-state index contributed by atoms with van der Waals surface area (Å²) in [6, 6.07) is 6.68. The lowest BCUT2D eigenvalue weighted by molar-refractivity contribution is -0.143. The summed E-state index contributed by atoms with van der Waals surface area (Å²) in [5.74, 6) is -0.307. The normalized spacial score (nSPS) is 10.5. The van der Waals surface area contributed by atoms with Gasteiger partial charge < -0.3 is 19.9 Å². The molecule has 0 fully saturated rings. The predicted molar refractivity (Wildman–Crippen MR) is 91.8 cm³/mol. The number of likely N-dealkylation sites (N-methyl/N-ethyl adjacent to an activating group) is 1. The number of rotatable bonds is 8. The fourth-order valence-electron chi connectivity index (χ4n) is 1.86. The van der Waals surface area contributed by atoms with Crippen molar-refractivity contribution in [2.45, 2.75) is 13.3 Å². The van der Waals surface area contributed by atoms with Crippen molar-refractivity contribution in [1.82, 2.24) is 9.80 Å². The summed E-state index contributed by atoms with van der Waals surface area (Å²) < 4.78 is 4.91. The van der Waals surface area contributed by atoms with E-state index in [4.69, 9.17) is 16.3 Å². The van der Waals surface area contributed by atoms with Crippen LogP contribution in [0.15, 0.2) is 24.3 Å². The molecular formula is C16H24ClN3O3. The molecule has 128 valence electrons. The summed E-state index contributed by atoms with van der Waals surface area (Å²) in [5.41, 5.74) is 0.619. The number of halogens is 1. The number of hydrogen-bond acceptors (Lipinski definition) is 4. The lowest BCUT2D eigenvalue weighted by Gasteiger charge is -2.24. The summed E-state index contributed by atoms with van der Waals surface area (Å²) in [7, 11) is 3.86. The van der Waals surface area contributed by atoms with E-state index >= 15 is 0 Å². The first-order valence-corrected chi connectivity index (χ1v) is 7.92. The number of benzene rings is 1. The van der Waals surface area contributed by atoms with Gasteiger partial charge in [0.05, 0.1) is 13.0 Å². The van der Waals surface area contributed by atoms with E-state index in [1.165, 1.54) is 0 Å². The van der Waals surface area contributed by atoms with Crippen molar-refractivity contribution in [3.8, 4) is 0 Å². The summed E-state index contributed by atoms with van der Waals surface area (Å²) in [6.07, 6.45) is 0.171. The number of nitrogens with zero attached hydrogens (tertiary/aromatic N) is 2. The van der Waals surface area contributed by atoms with E-state index in [2.05, 4.69) is 5.32 Å². The van der Waals surface area contributed by atoms with Gasteiger partial charge in [0, 0.05) is 30.3 Å². The van der Waals surface area contributed by atoms with E-state index in [9.17, 15) is 9.59 Å². The minimum atomic E-state index is -0.307. The van der Waals surface area contributed by atoms with Gasteiger partial charge in [-0.05, 0) is 39.2 Å². The maximum Gasteiger partial charge on any atom is 0.321 e. The zero-order chi connectivity index (χ0) is 17.2. The molecule has 0 aliphatic heterocycles. The molecule has 6 nitrogen and oxygen atoms in total. The first kappa shape index (κ1) is 19.3. The van der Waals surface area contributed by atoms with Gasteiger partial charge in [0.2, 0.25) is 0 Å². The van der Waals surface area contributed by atoms with E-state index < -0.39 is 0 Å². The van der Waals surface area contributed by atoms with Crippen LogP contribution < -0.4 is 5.32 Å². The quantitative estimate of drug-likeness (QED) is 0.738. The van der Waals surface area contributed by atoms with Crippen molar-refractivity contribution in [1.29, 1.82) is 0 Å². The molecule has 0 saturated heterocycles. The molecule has 2 amide bonds. The van der Waals surface area contributed by atoms with Gasteiger partial charge in [0.15, 0.2) is 0 Å². The van der Waals surface area contributed by atoms with Crippen LogP contribution in [0.25, 0.3) is 0 Å². The Labute approximate surface area is 142 Å². The Bertz CT molecular complexity index is 523. The molecule has 1 aromatic carbocycles. The van der Waals surface area contributed by atoms with E-state index in [0.29, 0.717) is 37.0 Å². The average molecular weight is 342 g/mol. The molecule has 0 atom stereocenters. The van der Waals surface area contributed by atoms with Crippen molar-refractivity contribution in [3.63, 3.8) is 0 Å². The molecule has 7 heteroatoms. The van der Waals surface area contributed by atoms with Gasteiger partial charge in [-0.3, -0.25) is 4.79 Å². The second-order valence-electron chi connectivity index (χ2n) is 5.29. The van der Waals surface area contributed by atoms with Crippen LogP contribution in [0.1, 0.15) is 13.3 Å². The molecule has 0 radical (unpaired) electrons. The van der Waals surface area contributed by atoms with Crippen LogP contribution in [-0.2, 0) is 9.53 Å². The largest absolute Gasteiger partial charge is 0.466 e. The molecule has 23 heavy (non-hydrogen) atoms. The van der Waals surface area contributed by atoms with E-state index in [1.54, 1.807) is 36.1 Å². The SMILES string of the molecule is CCOC(=O)CCN(CCN(C)C)C(=O)Nc1cccc(Cl)c1. The molecule has 0 unspecified atom stereocenters. The van der Waals surface area contributed by atoms with Crippen LogP contribution in [0.3, 0.4) is 0 Å². The molecular weight excluding hydrogens is 318 g/mol. The first-order valence-electron chi connectivity index (χ1n) is 7.54. The van der Waals surface area contributed by atoms with E-state index in [1.807, 2.05) is 19.0 Å². The van der Waals surface area contributed by atoms with Crippen molar-refractivity contribution in [3.05, 3.63) is 29.3 Å². The minimum absolute atomic E-state index is 0.171. The third kappa shape index (κ3) is 7.85. The van der Waals surface area contributed by atoms with Crippen molar-refractivity contribution in [2.75, 3.05) is 45.7 Å². The third-order valence-corrected chi connectivity index (χ3v) is 3.31. The number of carbonyl (C=O) groups is 2.